The first-order valence-electron chi connectivity index (χ1n) is 18.5. The molecule has 0 unspecified atom stereocenters. The quantitative estimate of drug-likeness (QED) is 0.176. The van der Waals surface area contributed by atoms with E-state index in [2.05, 4.69) is 205 Å². The normalized spacial score (nSPS) is 13.2. The summed E-state index contributed by atoms with van der Waals surface area (Å²) in [5.74, 6) is 0. The number of rotatable bonds is 4. The molecule has 0 bridgehead atoms. The summed E-state index contributed by atoms with van der Waals surface area (Å²) >= 11 is 0. The maximum absolute atomic E-state index is 2.47. The van der Waals surface area contributed by atoms with Crippen LogP contribution < -0.4 is 0 Å². The second-order valence-corrected chi connectivity index (χ2v) is 15.0. The van der Waals surface area contributed by atoms with Crippen LogP contribution in [0.15, 0.2) is 182 Å². The molecule has 0 saturated carbocycles. The molecule has 0 N–H and O–H groups in total. The van der Waals surface area contributed by atoms with Gasteiger partial charge in [0.05, 0.1) is 22.1 Å². The molecule has 0 radical (unpaired) electrons. The van der Waals surface area contributed by atoms with Crippen LogP contribution in [-0.2, 0) is 5.41 Å². The third-order valence-corrected chi connectivity index (χ3v) is 11.7. The van der Waals surface area contributed by atoms with Crippen molar-refractivity contribution in [2.75, 3.05) is 0 Å². The molecule has 0 spiro atoms. The van der Waals surface area contributed by atoms with Gasteiger partial charge >= 0.3 is 0 Å². The first kappa shape index (κ1) is 30.0. The average molecular weight is 677 g/mol. The van der Waals surface area contributed by atoms with Crippen molar-refractivity contribution in [3.63, 3.8) is 0 Å². The summed E-state index contributed by atoms with van der Waals surface area (Å²) in [6.45, 7) is 4.80. The van der Waals surface area contributed by atoms with E-state index in [1.165, 1.54) is 99.5 Å². The summed E-state index contributed by atoms with van der Waals surface area (Å²) in [5, 5.41) is 5.16. The molecule has 2 nitrogen and oxygen atoms in total. The molecule has 2 heteroatoms. The van der Waals surface area contributed by atoms with E-state index in [1.807, 2.05) is 0 Å². The Morgan fingerprint density at radius 2 is 0.887 bits per heavy atom. The predicted octanol–water partition coefficient (Wildman–Crippen LogP) is 13.5. The van der Waals surface area contributed by atoms with Crippen LogP contribution in [0.5, 0.6) is 0 Å². The zero-order valence-electron chi connectivity index (χ0n) is 29.7. The van der Waals surface area contributed by atoms with E-state index in [0.29, 0.717) is 0 Å². The van der Waals surface area contributed by atoms with Gasteiger partial charge in [-0.2, -0.15) is 0 Å². The fourth-order valence-corrected chi connectivity index (χ4v) is 9.28. The lowest BCUT2D eigenvalue weighted by atomic mass is 9.80. The SMILES string of the molecule is CC1(C)c2ccccc2-c2ccc3c(c21)c1cc(-c2ccc4c(c2)c2ccccc2n4-c2ccccc2)ccc1n3-c1ccc(-c2ccccc2)cc1. The van der Waals surface area contributed by atoms with Crippen molar-refractivity contribution in [1.82, 2.24) is 9.13 Å². The van der Waals surface area contributed by atoms with Crippen molar-refractivity contribution < 1.29 is 0 Å². The summed E-state index contributed by atoms with van der Waals surface area (Å²) in [5.41, 5.74) is 17.5. The van der Waals surface area contributed by atoms with Gasteiger partial charge in [-0.25, -0.2) is 0 Å². The van der Waals surface area contributed by atoms with E-state index in [4.69, 9.17) is 0 Å². The molecule has 10 aromatic rings. The van der Waals surface area contributed by atoms with Gasteiger partial charge in [0, 0.05) is 38.3 Å². The number of nitrogens with zero attached hydrogens (tertiary/aromatic N) is 2. The van der Waals surface area contributed by atoms with Crippen molar-refractivity contribution in [1.29, 1.82) is 0 Å². The van der Waals surface area contributed by atoms with Crippen LogP contribution in [0.4, 0.5) is 0 Å². The van der Waals surface area contributed by atoms with E-state index < -0.39 is 0 Å². The first-order valence-corrected chi connectivity index (χ1v) is 18.5. The second-order valence-electron chi connectivity index (χ2n) is 15.0. The van der Waals surface area contributed by atoms with Gasteiger partial charge in [-0.15, -0.1) is 0 Å². The Bertz CT molecular complexity index is 3050. The first-order chi connectivity index (χ1) is 26.1. The van der Waals surface area contributed by atoms with E-state index in [0.717, 1.165) is 0 Å². The minimum Gasteiger partial charge on any atom is -0.309 e. The van der Waals surface area contributed by atoms with Crippen LogP contribution in [0.2, 0.25) is 0 Å². The molecule has 1 aliphatic carbocycles. The largest absolute Gasteiger partial charge is 0.309 e. The molecule has 0 amide bonds. The van der Waals surface area contributed by atoms with Crippen LogP contribution >= 0.6 is 0 Å². The summed E-state index contributed by atoms with van der Waals surface area (Å²) in [6, 6.07) is 66.9. The molecular formula is C51H36N2. The van der Waals surface area contributed by atoms with E-state index in [1.54, 1.807) is 0 Å². The Hall–Kier alpha value is -6.64. The van der Waals surface area contributed by atoms with Gasteiger partial charge in [-0.1, -0.05) is 135 Å². The minimum absolute atomic E-state index is 0.143. The molecule has 0 atom stereocenters. The Kier molecular flexibility index (Phi) is 6.33. The highest BCUT2D eigenvalue weighted by atomic mass is 15.0. The van der Waals surface area contributed by atoms with Crippen LogP contribution in [-0.4, -0.2) is 9.13 Å². The third kappa shape index (κ3) is 4.33. The summed E-state index contributed by atoms with van der Waals surface area (Å²) in [7, 11) is 0. The molecule has 8 aromatic carbocycles. The van der Waals surface area contributed by atoms with Crippen molar-refractivity contribution >= 4 is 43.6 Å². The van der Waals surface area contributed by atoms with E-state index >= 15 is 0 Å². The Labute approximate surface area is 308 Å². The molecular weight excluding hydrogens is 641 g/mol. The summed E-state index contributed by atoms with van der Waals surface area (Å²) < 4.78 is 4.86. The monoisotopic (exact) mass is 676 g/mol. The van der Waals surface area contributed by atoms with E-state index in [9.17, 15) is 0 Å². The average Bonchev–Trinajstić information content (AvgIpc) is 3.81. The Morgan fingerprint density at radius 1 is 0.358 bits per heavy atom. The lowest BCUT2D eigenvalue weighted by Gasteiger charge is -2.22. The maximum Gasteiger partial charge on any atom is 0.0544 e. The van der Waals surface area contributed by atoms with Crippen LogP contribution in [0, 0.1) is 0 Å². The molecule has 0 fully saturated rings. The number of aromatic nitrogens is 2. The van der Waals surface area contributed by atoms with Crippen molar-refractivity contribution in [2.45, 2.75) is 19.3 Å². The van der Waals surface area contributed by atoms with Crippen molar-refractivity contribution in [2.24, 2.45) is 0 Å². The highest BCUT2D eigenvalue weighted by Gasteiger charge is 2.38. The topological polar surface area (TPSA) is 9.86 Å². The smallest absolute Gasteiger partial charge is 0.0544 e. The van der Waals surface area contributed by atoms with Gasteiger partial charge in [0.15, 0.2) is 0 Å². The Morgan fingerprint density at radius 3 is 1.66 bits per heavy atom. The second kappa shape index (κ2) is 11.2. The molecule has 1 aliphatic rings. The van der Waals surface area contributed by atoms with E-state index in [-0.39, 0.29) is 5.41 Å². The van der Waals surface area contributed by atoms with Crippen molar-refractivity contribution in [3.05, 3.63) is 193 Å². The van der Waals surface area contributed by atoms with Gasteiger partial charge in [-0.05, 0) is 105 Å². The highest BCUT2D eigenvalue weighted by molar-refractivity contribution is 6.16. The molecule has 2 aromatic heterocycles. The number of para-hydroxylation sites is 2. The predicted molar refractivity (Wildman–Crippen MR) is 224 cm³/mol. The van der Waals surface area contributed by atoms with Gasteiger partial charge in [0.25, 0.3) is 0 Å². The number of benzene rings is 8. The van der Waals surface area contributed by atoms with Crippen LogP contribution in [0.3, 0.4) is 0 Å². The number of fused-ring (bicyclic) bond motifs is 10. The number of hydrogen-bond acceptors (Lipinski definition) is 0. The molecule has 2 heterocycles. The standard InChI is InChI=1S/C51H36N2/c1-51(2)44-19-11-9-17-39(44)41-27-30-48-49(50(41)51)43-32-36(24-29-47(43)53(48)38-25-21-34(22-26-38)33-13-5-3-6-14-33)35-23-28-46-42(31-35)40-18-10-12-20-45(40)52(46)37-15-7-4-8-16-37/h3-32H,1-2H3. The number of hydrogen-bond donors (Lipinski definition) is 0. The lowest BCUT2D eigenvalue weighted by Crippen LogP contribution is -2.15. The van der Waals surface area contributed by atoms with Gasteiger partial charge < -0.3 is 9.13 Å². The molecule has 11 rings (SSSR count). The highest BCUT2D eigenvalue weighted by Crippen LogP contribution is 2.53. The zero-order valence-corrected chi connectivity index (χ0v) is 29.7. The maximum atomic E-state index is 2.47. The molecule has 250 valence electrons. The molecule has 0 aliphatic heterocycles. The van der Waals surface area contributed by atoms with Crippen LogP contribution in [0.1, 0.15) is 25.0 Å². The zero-order chi connectivity index (χ0) is 35.3. The van der Waals surface area contributed by atoms with Crippen LogP contribution in [0.25, 0.3) is 88.4 Å². The minimum atomic E-state index is -0.143. The Balaban J connectivity index is 1.16. The summed E-state index contributed by atoms with van der Waals surface area (Å²) in [4.78, 5) is 0. The summed E-state index contributed by atoms with van der Waals surface area (Å²) in [6.07, 6.45) is 0. The fraction of sp³-hybridized carbons (Fsp3) is 0.0588. The fourth-order valence-electron chi connectivity index (χ4n) is 9.28. The third-order valence-electron chi connectivity index (χ3n) is 11.7. The molecule has 0 saturated heterocycles. The van der Waals surface area contributed by atoms with Gasteiger partial charge in [0.2, 0.25) is 0 Å². The molecule has 53 heavy (non-hydrogen) atoms. The lowest BCUT2D eigenvalue weighted by molar-refractivity contribution is 0.666. The van der Waals surface area contributed by atoms with Gasteiger partial charge in [-0.3, -0.25) is 0 Å². The van der Waals surface area contributed by atoms with Crippen molar-refractivity contribution in [3.8, 4) is 44.8 Å². The van der Waals surface area contributed by atoms with Gasteiger partial charge in [0.1, 0.15) is 0 Å².